The quantitative estimate of drug-likeness (QED) is 0.843. The topological polar surface area (TPSA) is 32.3 Å². The van der Waals surface area contributed by atoms with Gasteiger partial charge in [-0.2, -0.15) is 0 Å². The molecule has 0 radical (unpaired) electrons. The van der Waals surface area contributed by atoms with Gasteiger partial charge in [0.2, 0.25) is 0 Å². The summed E-state index contributed by atoms with van der Waals surface area (Å²) in [5.74, 6) is 0.182. The Balaban J connectivity index is 2.15. The van der Waals surface area contributed by atoms with E-state index < -0.39 is 4.87 Å². The molecule has 4 heteroatoms. The molecule has 1 unspecified atom stereocenters. The number of anilines is 1. The van der Waals surface area contributed by atoms with Gasteiger partial charge in [0.15, 0.2) is 4.87 Å². The van der Waals surface area contributed by atoms with Crippen LogP contribution in [0.15, 0.2) is 24.3 Å². The highest BCUT2D eigenvalue weighted by Gasteiger charge is 2.57. The number of fused-ring (bicyclic) bond motifs is 2. The lowest BCUT2D eigenvalue weighted by Crippen LogP contribution is -2.45. The van der Waals surface area contributed by atoms with Crippen LogP contribution in [0.2, 0.25) is 0 Å². The first-order valence-corrected chi connectivity index (χ1v) is 7.18. The van der Waals surface area contributed by atoms with Gasteiger partial charge in [-0.3, -0.25) is 10.1 Å². The number of para-hydroxylation sites is 1. The standard InChI is InChI=1S/C14H18N2OS/c1-4-16-11-8-6-5-7-10(11)14(12(16)17)15-9-13(2,3)18-14/h5-8,15H,4,9H2,1-3H3. The van der Waals surface area contributed by atoms with Crippen LogP contribution in [0.25, 0.3) is 0 Å². The molecule has 96 valence electrons. The molecule has 2 heterocycles. The van der Waals surface area contributed by atoms with Gasteiger partial charge < -0.3 is 4.90 Å². The Bertz CT molecular complexity index is 514. The molecule has 1 aromatic rings. The van der Waals surface area contributed by atoms with Crippen molar-refractivity contribution in [3.63, 3.8) is 0 Å². The molecule has 1 N–H and O–H groups in total. The third-order valence-corrected chi connectivity index (χ3v) is 5.17. The summed E-state index contributed by atoms with van der Waals surface area (Å²) in [5, 5.41) is 3.46. The zero-order valence-electron chi connectivity index (χ0n) is 11.0. The van der Waals surface area contributed by atoms with Crippen molar-refractivity contribution in [1.29, 1.82) is 0 Å². The average Bonchev–Trinajstić information content (AvgIpc) is 2.78. The Morgan fingerprint density at radius 1 is 1.39 bits per heavy atom. The highest BCUT2D eigenvalue weighted by Crippen LogP contribution is 2.54. The zero-order valence-corrected chi connectivity index (χ0v) is 11.8. The van der Waals surface area contributed by atoms with Crippen molar-refractivity contribution in [2.45, 2.75) is 30.4 Å². The first-order chi connectivity index (χ1) is 8.50. The Hall–Kier alpha value is -1.00. The highest BCUT2D eigenvalue weighted by atomic mass is 32.2. The number of benzene rings is 1. The van der Waals surface area contributed by atoms with Gasteiger partial charge >= 0.3 is 0 Å². The smallest absolute Gasteiger partial charge is 0.262 e. The monoisotopic (exact) mass is 262 g/mol. The summed E-state index contributed by atoms with van der Waals surface area (Å²) in [6.45, 7) is 7.97. The van der Waals surface area contributed by atoms with E-state index in [1.165, 1.54) is 0 Å². The van der Waals surface area contributed by atoms with Crippen LogP contribution in [0.4, 0.5) is 5.69 Å². The number of carbonyl (C=O) groups excluding carboxylic acids is 1. The van der Waals surface area contributed by atoms with Gasteiger partial charge in [-0.05, 0) is 26.8 Å². The van der Waals surface area contributed by atoms with E-state index in [1.54, 1.807) is 11.8 Å². The lowest BCUT2D eigenvalue weighted by Gasteiger charge is -2.24. The lowest BCUT2D eigenvalue weighted by atomic mass is 10.1. The number of thioether (sulfide) groups is 1. The molecule has 3 rings (SSSR count). The molecule has 0 aliphatic carbocycles. The number of amides is 1. The van der Waals surface area contributed by atoms with Gasteiger partial charge in [-0.1, -0.05) is 18.2 Å². The van der Waals surface area contributed by atoms with Gasteiger partial charge in [0.1, 0.15) is 0 Å². The van der Waals surface area contributed by atoms with Crippen LogP contribution in [-0.4, -0.2) is 23.7 Å². The molecule has 1 saturated heterocycles. The Morgan fingerprint density at radius 2 is 2.11 bits per heavy atom. The van der Waals surface area contributed by atoms with E-state index in [9.17, 15) is 4.79 Å². The second-order valence-corrected chi connectivity index (χ2v) is 7.38. The largest absolute Gasteiger partial charge is 0.310 e. The fourth-order valence-corrected chi connectivity index (χ4v) is 4.43. The van der Waals surface area contributed by atoms with Gasteiger partial charge in [0, 0.05) is 23.4 Å². The van der Waals surface area contributed by atoms with Crippen LogP contribution in [0.1, 0.15) is 26.3 Å². The molecule has 0 bridgehead atoms. The maximum atomic E-state index is 12.7. The third kappa shape index (κ3) is 1.45. The minimum atomic E-state index is -0.559. The summed E-state index contributed by atoms with van der Waals surface area (Å²) in [7, 11) is 0. The molecule has 2 aliphatic rings. The van der Waals surface area contributed by atoms with E-state index in [4.69, 9.17) is 0 Å². The van der Waals surface area contributed by atoms with Crippen molar-refractivity contribution in [2.24, 2.45) is 0 Å². The number of nitrogens with zero attached hydrogens (tertiary/aromatic N) is 1. The highest BCUT2D eigenvalue weighted by molar-refractivity contribution is 8.02. The Labute approximate surface area is 112 Å². The normalized spacial score (nSPS) is 29.1. The summed E-state index contributed by atoms with van der Waals surface area (Å²) in [6.07, 6.45) is 0. The van der Waals surface area contributed by atoms with Crippen LogP contribution in [0.5, 0.6) is 0 Å². The Morgan fingerprint density at radius 3 is 2.72 bits per heavy atom. The molecule has 2 aliphatic heterocycles. The van der Waals surface area contributed by atoms with Crippen LogP contribution < -0.4 is 10.2 Å². The Kier molecular flexibility index (Phi) is 2.51. The first kappa shape index (κ1) is 12.1. The number of hydrogen-bond donors (Lipinski definition) is 1. The zero-order chi connectivity index (χ0) is 13.0. The molecular formula is C14H18N2OS. The fraction of sp³-hybridized carbons (Fsp3) is 0.500. The van der Waals surface area contributed by atoms with Gasteiger partial charge in [-0.25, -0.2) is 0 Å². The summed E-state index contributed by atoms with van der Waals surface area (Å²) in [6, 6.07) is 8.13. The SMILES string of the molecule is CCN1C(=O)C2(NCC(C)(C)S2)c2ccccc21. The maximum absolute atomic E-state index is 12.7. The van der Waals surface area contributed by atoms with Crippen molar-refractivity contribution in [3.8, 4) is 0 Å². The minimum absolute atomic E-state index is 0.0898. The number of rotatable bonds is 1. The molecular weight excluding hydrogens is 244 g/mol. The number of likely N-dealkylation sites (N-methyl/N-ethyl adjacent to an activating group) is 1. The van der Waals surface area contributed by atoms with Gasteiger partial charge in [0.05, 0.1) is 5.69 Å². The molecule has 1 fully saturated rings. The molecule has 1 spiro atoms. The van der Waals surface area contributed by atoms with Gasteiger partial charge in [0.25, 0.3) is 5.91 Å². The summed E-state index contributed by atoms with van der Waals surface area (Å²) in [5.41, 5.74) is 2.18. The van der Waals surface area contributed by atoms with E-state index in [2.05, 4.69) is 25.2 Å². The van der Waals surface area contributed by atoms with Crippen molar-refractivity contribution < 1.29 is 4.79 Å². The van der Waals surface area contributed by atoms with Crippen molar-refractivity contribution in [2.75, 3.05) is 18.0 Å². The number of hydrogen-bond acceptors (Lipinski definition) is 3. The van der Waals surface area contributed by atoms with Crippen LogP contribution in [-0.2, 0) is 9.67 Å². The molecule has 1 atom stereocenters. The van der Waals surface area contributed by atoms with Gasteiger partial charge in [-0.15, -0.1) is 11.8 Å². The average molecular weight is 262 g/mol. The molecule has 18 heavy (non-hydrogen) atoms. The lowest BCUT2D eigenvalue weighted by molar-refractivity contribution is -0.120. The summed E-state index contributed by atoms with van der Waals surface area (Å²) >= 11 is 1.75. The van der Waals surface area contributed by atoms with E-state index in [0.717, 1.165) is 24.3 Å². The molecule has 1 aromatic carbocycles. The predicted octanol–water partition coefficient (Wildman–Crippen LogP) is 2.32. The van der Waals surface area contributed by atoms with Crippen molar-refractivity contribution in [3.05, 3.63) is 29.8 Å². The number of carbonyl (C=O) groups is 1. The van der Waals surface area contributed by atoms with E-state index >= 15 is 0 Å². The molecule has 0 aromatic heterocycles. The molecule has 0 saturated carbocycles. The fourth-order valence-electron chi connectivity index (χ4n) is 2.83. The maximum Gasteiger partial charge on any atom is 0.262 e. The summed E-state index contributed by atoms with van der Waals surface area (Å²) in [4.78, 5) is 14.1. The number of nitrogens with one attached hydrogen (secondary N) is 1. The van der Waals surface area contributed by atoms with E-state index in [0.29, 0.717) is 0 Å². The van der Waals surface area contributed by atoms with E-state index in [1.807, 2.05) is 30.0 Å². The molecule has 1 amide bonds. The molecule has 3 nitrogen and oxygen atoms in total. The van der Waals surface area contributed by atoms with Crippen molar-refractivity contribution >= 4 is 23.4 Å². The third-order valence-electron chi connectivity index (χ3n) is 3.63. The second kappa shape index (κ2) is 3.75. The van der Waals surface area contributed by atoms with E-state index in [-0.39, 0.29) is 10.7 Å². The second-order valence-electron chi connectivity index (χ2n) is 5.46. The van der Waals surface area contributed by atoms with Crippen molar-refractivity contribution in [1.82, 2.24) is 5.32 Å². The minimum Gasteiger partial charge on any atom is -0.310 e. The van der Waals surface area contributed by atoms with Crippen LogP contribution >= 0.6 is 11.8 Å². The van der Waals surface area contributed by atoms with Crippen LogP contribution in [0.3, 0.4) is 0 Å². The predicted molar refractivity (Wildman–Crippen MR) is 75.8 cm³/mol. The van der Waals surface area contributed by atoms with Crippen LogP contribution in [0, 0.1) is 0 Å². The summed E-state index contributed by atoms with van der Waals surface area (Å²) < 4.78 is 0.0898. The first-order valence-electron chi connectivity index (χ1n) is 6.37.